The Bertz CT molecular complexity index is 575. The van der Waals surface area contributed by atoms with Crippen molar-refractivity contribution in [1.82, 2.24) is 0 Å². The first-order valence-electron chi connectivity index (χ1n) is 5.04. The van der Waals surface area contributed by atoms with Crippen molar-refractivity contribution in [3.05, 3.63) is 29.8 Å². The number of rotatable bonds is 3. The summed E-state index contributed by atoms with van der Waals surface area (Å²) in [6, 6.07) is 6.51. The van der Waals surface area contributed by atoms with E-state index in [1.165, 1.54) is 20.3 Å². The topological polar surface area (TPSA) is 55.8 Å². The number of methoxy groups -OCH3 is 2. The Balaban J connectivity index is 2.86. The summed E-state index contributed by atoms with van der Waals surface area (Å²) >= 11 is 0. The molecule has 17 heavy (non-hydrogen) atoms. The molecule has 0 spiro atoms. The van der Waals surface area contributed by atoms with Gasteiger partial charge in [0, 0.05) is 10.9 Å². The molecular formula is C13H12O4. The molecule has 4 nitrogen and oxygen atoms in total. The molecule has 0 amide bonds. The minimum atomic E-state index is 0.0151. The average Bonchev–Trinajstić information content (AvgIpc) is 2.36. The smallest absolute Gasteiger partial charge is 0.161 e. The van der Waals surface area contributed by atoms with Gasteiger partial charge < -0.3 is 14.6 Å². The summed E-state index contributed by atoms with van der Waals surface area (Å²) in [7, 11) is 3.00. The number of fused-ring (bicyclic) bond motifs is 1. The van der Waals surface area contributed by atoms with Crippen LogP contribution in [-0.4, -0.2) is 25.6 Å². The van der Waals surface area contributed by atoms with Gasteiger partial charge in [0.15, 0.2) is 17.8 Å². The molecule has 0 aliphatic carbocycles. The Morgan fingerprint density at radius 1 is 1.06 bits per heavy atom. The number of carbonyl (C=O) groups is 1. The highest BCUT2D eigenvalue weighted by atomic mass is 16.5. The van der Waals surface area contributed by atoms with Crippen LogP contribution in [0.2, 0.25) is 0 Å². The van der Waals surface area contributed by atoms with E-state index in [0.717, 1.165) is 6.29 Å². The van der Waals surface area contributed by atoms with Crippen LogP contribution in [0.15, 0.2) is 24.3 Å². The van der Waals surface area contributed by atoms with E-state index in [0.29, 0.717) is 27.8 Å². The molecule has 0 fully saturated rings. The maximum Gasteiger partial charge on any atom is 0.161 e. The van der Waals surface area contributed by atoms with Gasteiger partial charge in [-0.05, 0) is 29.7 Å². The van der Waals surface area contributed by atoms with Crippen molar-refractivity contribution in [3.63, 3.8) is 0 Å². The molecule has 0 aromatic heterocycles. The van der Waals surface area contributed by atoms with Crippen molar-refractivity contribution in [2.45, 2.75) is 0 Å². The summed E-state index contributed by atoms with van der Waals surface area (Å²) in [5.41, 5.74) is 0.527. The van der Waals surface area contributed by atoms with Crippen molar-refractivity contribution in [1.29, 1.82) is 0 Å². The van der Waals surface area contributed by atoms with E-state index >= 15 is 0 Å². The first-order valence-corrected chi connectivity index (χ1v) is 5.04. The van der Waals surface area contributed by atoms with Crippen LogP contribution in [-0.2, 0) is 0 Å². The number of phenolic OH excluding ortho intramolecular Hbond substituents is 1. The molecule has 0 aliphatic rings. The SMILES string of the molecule is COc1cc2c(C=O)ccc(OC)c2cc1O. The summed E-state index contributed by atoms with van der Waals surface area (Å²) < 4.78 is 10.2. The molecule has 1 N–H and O–H groups in total. The molecule has 0 radical (unpaired) electrons. The minimum Gasteiger partial charge on any atom is -0.504 e. The average molecular weight is 232 g/mol. The molecule has 2 aromatic rings. The van der Waals surface area contributed by atoms with Gasteiger partial charge in [-0.25, -0.2) is 0 Å². The van der Waals surface area contributed by atoms with E-state index in [9.17, 15) is 9.90 Å². The van der Waals surface area contributed by atoms with E-state index in [-0.39, 0.29) is 5.75 Å². The Morgan fingerprint density at radius 2 is 1.76 bits per heavy atom. The quantitative estimate of drug-likeness (QED) is 0.825. The number of phenols is 1. The third-order valence-electron chi connectivity index (χ3n) is 2.66. The monoisotopic (exact) mass is 232 g/mol. The highest BCUT2D eigenvalue weighted by molar-refractivity contribution is 6.02. The first kappa shape index (κ1) is 11.3. The second-order valence-corrected chi connectivity index (χ2v) is 3.54. The number of aromatic hydroxyl groups is 1. The van der Waals surface area contributed by atoms with Gasteiger partial charge in [-0.3, -0.25) is 4.79 Å². The van der Waals surface area contributed by atoms with Crippen molar-refractivity contribution in [2.24, 2.45) is 0 Å². The van der Waals surface area contributed by atoms with Crippen molar-refractivity contribution in [3.8, 4) is 17.2 Å². The van der Waals surface area contributed by atoms with E-state index in [4.69, 9.17) is 9.47 Å². The number of aldehydes is 1. The Hall–Kier alpha value is -2.23. The molecule has 88 valence electrons. The van der Waals surface area contributed by atoms with Crippen LogP contribution in [0, 0.1) is 0 Å². The van der Waals surface area contributed by atoms with Gasteiger partial charge >= 0.3 is 0 Å². The molecule has 0 saturated carbocycles. The summed E-state index contributed by atoms with van der Waals surface area (Å²) in [5, 5.41) is 11.1. The van der Waals surface area contributed by atoms with Crippen LogP contribution in [0.1, 0.15) is 10.4 Å². The minimum absolute atomic E-state index is 0.0151. The highest BCUT2D eigenvalue weighted by Gasteiger charge is 2.11. The van der Waals surface area contributed by atoms with Gasteiger partial charge in [0.2, 0.25) is 0 Å². The largest absolute Gasteiger partial charge is 0.504 e. The fraction of sp³-hybridized carbons (Fsp3) is 0.154. The van der Waals surface area contributed by atoms with E-state index < -0.39 is 0 Å². The number of ether oxygens (including phenoxy) is 2. The van der Waals surface area contributed by atoms with E-state index in [1.807, 2.05) is 0 Å². The Labute approximate surface area is 98.4 Å². The van der Waals surface area contributed by atoms with Crippen molar-refractivity contribution in [2.75, 3.05) is 14.2 Å². The van der Waals surface area contributed by atoms with Crippen LogP contribution < -0.4 is 9.47 Å². The van der Waals surface area contributed by atoms with Gasteiger partial charge in [0.1, 0.15) is 5.75 Å². The predicted molar refractivity (Wildman–Crippen MR) is 64.1 cm³/mol. The number of benzene rings is 2. The summed E-state index contributed by atoms with van der Waals surface area (Å²) in [6.45, 7) is 0. The summed E-state index contributed by atoms with van der Waals surface area (Å²) in [4.78, 5) is 11.0. The molecule has 0 unspecified atom stereocenters. The molecule has 4 heteroatoms. The molecule has 0 bridgehead atoms. The zero-order valence-corrected chi connectivity index (χ0v) is 9.56. The fourth-order valence-corrected chi connectivity index (χ4v) is 1.80. The normalized spacial score (nSPS) is 10.2. The number of hydrogen-bond donors (Lipinski definition) is 1. The molecular weight excluding hydrogens is 220 g/mol. The van der Waals surface area contributed by atoms with Crippen molar-refractivity contribution < 1.29 is 19.4 Å². The first-order chi connectivity index (χ1) is 8.21. The zero-order valence-electron chi connectivity index (χ0n) is 9.56. The molecule has 0 heterocycles. The number of carbonyl (C=O) groups excluding carboxylic acids is 1. The van der Waals surface area contributed by atoms with Crippen LogP contribution in [0.3, 0.4) is 0 Å². The third-order valence-corrected chi connectivity index (χ3v) is 2.66. The molecule has 2 rings (SSSR count). The standard InChI is InChI=1S/C13H12O4/c1-16-12-4-3-8(7-14)9-6-13(17-2)11(15)5-10(9)12/h3-7,15H,1-2H3. The van der Waals surface area contributed by atoms with Crippen molar-refractivity contribution >= 4 is 17.1 Å². The lowest BCUT2D eigenvalue weighted by Gasteiger charge is -2.10. The maximum atomic E-state index is 11.0. The van der Waals surface area contributed by atoms with Gasteiger partial charge in [-0.15, -0.1) is 0 Å². The predicted octanol–water partition coefficient (Wildman–Crippen LogP) is 2.38. The Kier molecular flexibility index (Phi) is 2.87. The van der Waals surface area contributed by atoms with Crippen LogP contribution in [0.4, 0.5) is 0 Å². The molecule has 0 aliphatic heterocycles. The van der Waals surface area contributed by atoms with Gasteiger partial charge in [-0.2, -0.15) is 0 Å². The van der Waals surface area contributed by atoms with Gasteiger partial charge in [0.25, 0.3) is 0 Å². The summed E-state index contributed by atoms with van der Waals surface area (Å²) in [6.07, 6.45) is 0.762. The van der Waals surface area contributed by atoms with Gasteiger partial charge in [-0.1, -0.05) is 0 Å². The molecule has 0 saturated heterocycles. The second-order valence-electron chi connectivity index (χ2n) is 3.54. The third kappa shape index (κ3) is 1.78. The van der Waals surface area contributed by atoms with E-state index in [1.54, 1.807) is 18.2 Å². The van der Waals surface area contributed by atoms with Crippen LogP contribution in [0.5, 0.6) is 17.2 Å². The zero-order chi connectivity index (χ0) is 12.4. The fourth-order valence-electron chi connectivity index (χ4n) is 1.80. The second kappa shape index (κ2) is 4.33. The molecule has 2 aromatic carbocycles. The maximum absolute atomic E-state index is 11.0. The Morgan fingerprint density at radius 3 is 2.35 bits per heavy atom. The lowest BCUT2D eigenvalue weighted by Crippen LogP contribution is -1.91. The highest BCUT2D eigenvalue weighted by Crippen LogP contribution is 2.36. The van der Waals surface area contributed by atoms with Crippen LogP contribution in [0.25, 0.3) is 10.8 Å². The lowest BCUT2D eigenvalue weighted by atomic mass is 10.0. The van der Waals surface area contributed by atoms with E-state index in [2.05, 4.69) is 0 Å². The summed E-state index contributed by atoms with van der Waals surface area (Å²) in [5.74, 6) is 0.943. The van der Waals surface area contributed by atoms with Gasteiger partial charge in [0.05, 0.1) is 14.2 Å². The number of hydrogen-bond acceptors (Lipinski definition) is 4. The molecule has 0 atom stereocenters. The van der Waals surface area contributed by atoms with Crippen LogP contribution >= 0.6 is 0 Å². The lowest BCUT2D eigenvalue weighted by molar-refractivity contribution is 0.112.